The lowest BCUT2D eigenvalue weighted by Gasteiger charge is -2.19. The monoisotopic (exact) mass is 1140 g/mol. The molecule has 0 spiro atoms. The van der Waals surface area contributed by atoms with E-state index in [4.69, 9.17) is 24.3 Å². The molecule has 3 N–H and O–H groups in total. The normalized spacial score (nSPS) is 14.0. The molecule has 0 radical (unpaired) electrons. The Balaban J connectivity index is 3.94. The van der Waals surface area contributed by atoms with Crippen molar-refractivity contribution < 1.29 is 37.6 Å². The van der Waals surface area contributed by atoms with Crippen molar-refractivity contribution in [2.45, 2.75) is 264 Å². The minimum Gasteiger partial charge on any atom is -0.462 e. The Morgan fingerprint density at radius 3 is 0.951 bits per heavy atom. The molecule has 0 amide bonds. The van der Waals surface area contributed by atoms with Crippen molar-refractivity contribution >= 4 is 19.8 Å². The van der Waals surface area contributed by atoms with E-state index in [0.717, 1.165) is 122 Å². The molecule has 460 valence electrons. The molecule has 0 aromatic carbocycles. The highest BCUT2D eigenvalue weighted by molar-refractivity contribution is 7.47. The summed E-state index contributed by atoms with van der Waals surface area (Å²) in [5, 5.41) is 0. The average molecular weight is 1140 g/mol. The second-order valence-electron chi connectivity index (χ2n) is 20.9. The summed E-state index contributed by atoms with van der Waals surface area (Å²) >= 11 is 0. The highest BCUT2D eigenvalue weighted by Crippen LogP contribution is 2.43. The van der Waals surface area contributed by atoms with E-state index in [0.29, 0.717) is 12.8 Å². The molecule has 0 rings (SSSR count). The lowest BCUT2D eigenvalue weighted by molar-refractivity contribution is -0.161. The van der Waals surface area contributed by atoms with Crippen LogP contribution in [-0.4, -0.2) is 49.3 Å². The van der Waals surface area contributed by atoms with Crippen LogP contribution >= 0.6 is 7.82 Å². The van der Waals surface area contributed by atoms with Crippen molar-refractivity contribution in [2.24, 2.45) is 5.73 Å². The Hall–Kier alpha value is -4.11. The smallest absolute Gasteiger partial charge is 0.462 e. The molecule has 0 aromatic rings. The van der Waals surface area contributed by atoms with E-state index in [1.165, 1.54) is 96.3 Å². The molecule has 0 saturated heterocycles. The van der Waals surface area contributed by atoms with Crippen LogP contribution in [0.15, 0.2) is 146 Å². The van der Waals surface area contributed by atoms with Gasteiger partial charge in [0.25, 0.3) is 0 Å². The number of ether oxygens (including phenoxy) is 2. The summed E-state index contributed by atoms with van der Waals surface area (Å²) in [6.07, 6.45) is 93.5. The van der Waals surface area contributed by atoms with Crippen LogP contribution in [0.25, 0.3) is 0 Å². The van der Waals surface area contributed by atoms with E-state index in [-0.39, 0.29) is 32.6 Å². The second kappa shape index (κ2) is 65.0. The quantitative estimate of drug-likeness (QED) is 0.0264. The topological polar surface area (TPSA) is 134 Å². The molecule has 0 saturated carbocycles. The minimum atomic E-state index is -4.41. The third-order valence-electron chi connectivity index (χ3n) is 13.2. The second-order valence-corrected chi connectivity index (χ2v) is 22.3. The molecule has 0 heterocycles. The molecule has 10 heteroatoms. The molecule has 9 nitrogen and oxygen atoms in total. The van der Waals surface area contributed by atoms with Crippen LogP contribution in [0.2, 0.25) is 0 Å². The maximum Gasteiger partial charge on any atom is 0.472 e. The van der Waals surface area contributed by atoms with E-state index in [1.54, 1.807) is 0 Å². The molecule has 0 aliphatic rings. The van der Waals surface area contributed by atoms with E-state index < -0.39 is 32.5 Å². The Labute approximate surface area is 496 Å². The zero-order valence-corrected chi connectivity index (χ0v) is 52.4. The Morgan fingerprint density at radius 1 is 0.370 bits per heavy atom. The summed E-state index contributed by atoms with van der Waals surface area (Å²) < 4.78 is 33.1. The summed E-state index contributed by atoms with van der Waals surface area (Å²) in [5.41, 5.74) is 5.39. The summed E-state index contributed by atoms with van der Waals surface area (Å²) in [6, 6.07) is 0. The van der Waals surface area contributed by atoms with E-state index >= 15 is 0 Å². The van der Waals surface area contributed by atoms with Crippen molar-refractivity contribution in [1.82, 2.24) is 0 Å². The predicted molar refractivity (Wildman–Crippen MR) is 348 cm³/mol. The molecular weight excluding hydrogens is 1030 g/mol. The molecule has 2 atom stereocenters. The van der Waals surface area contributed by atoms with Gasteiger partial charge >= 0.3 is 19.8 Å². The average Bonchev–Trinajstić information content (AvgIpc) is 3.46. The van der Waals surface area contributed by atoms with Crippen molar-refractivity contribution in [3.8, 4) is 0 Å². The maximum absolute atomic E-state index is 12.7. The number of phosphoric acid groups is 1. The van der Waals surface area contributed by atoms with Gasteiger partial charge in [0, 0.05) is 19.4 Å². The number of hydrogen-bond acceptors (Lipinski definition) is 8. The predicted octanol–water partition coefficient (Wildman–Crippen LogP) is 21.1. The first-order valence-corrected chi connectivity index (χ1v) is 33.8. The van der Waals surface area contributed by atoms with Crippen LogP contribution in [0.3, 0.4) is 0 Å². The molecule has 0 aliphatic carbocycles. The highest BCUT2D eigenvalue weighted by atomic mass is 31.2. The fraction of sp³-hybridized carbons (Fsp3) is 0.634. The van der Waals surface area contributed by atoms with Gasteiger partial charge in [0.2, 0.25) is 0 Å². The Bertz CT molecular complexity index is 1830. The fourth-order valence-electron chi connectivity index (χ4n) is 8.53. The first kappa shape index (κ1) is 76.9. The summed E-state index contributed by atoms with van der Waals surface area (Å²) in [5.74, 6) is -0.860. The maximum atomic E-state index is 12.7. The number of rotatable bonds is 59. The SMILES string of the molecule is CC/C=C\C/C=C\C/C=C\C/C=C\C/C=C\C/C=C\CCCCCCCCCCCCCCCCCCCCC(=O)OC(COC(=O)CCCCCC/C=C\C/C=C\C/C=C\C/C=C\C/C=C\C/C=C\CC)COP(=O)(O)OCCN. The molecule has 81 heavy (non-hydrogen) atoms. The van der Waals surface area contributed by atoms with Gasteiger partial charge in [0.15, 0.2) is 6.10 Å². The third kappa shape index (κ3) is 64.9. The van der Waals surface area contributed by atoms with Crippen LogP contribution in [0.5, 0.6) is 0 Å². The van der Waals surface area contributed by atoms with Gasteiger partial charge in [-0.3, -0.25) is 18.6 Å². The zero-order valence-electron chi connectivity index (χ0n) is 51.5. The minimum absolute atomic E-state index is 0.0434. The van der Waals surface area contributed by atoms with Crippen LogP contribution in [0.1, 0.15) is 258 Å². The lowest BCUT2D eigenvalue weighted by atomic mass is 10.0. The van der Waals surface area contributed by atoms with Crippen molar-refractivity contribution in [1.29, 1.82) is 0 Å². The fourth-order valence-corrected chi connectivity index (χ4v) is 9.29. The van der Waals surface area contributed by atoms with E-state index in [1.807, 2.05) is 0 Å². The number of hydrogen-bond donors (Lipinski definition) is 2. The number of unbranched alkanes of at least 4 members (excludes halogenated alkanes) is 22. The summed E-state index contributed by atoms with van der Waals surface area (Å²) in [7, 11) is -4.41. The van der Waals surface area contributed by atoms with E-state index in [9.17, 15) is 19.0 Å². The first-order chi connectivity index (χ1) is 39.8. The first-order valence-electron chi connectivity index (χ1n) is 32.3. The number of carbonyl (C=O) groups excluding carboxylic acids is 2. The van der Waals surface area contributed by atoms with Gasteiger partial charge < -0.3 is 20.1 Å². The molecule has 2 unspecified atom stereocenters. The van der Waals surface area contributed by atoms with Crippen LogP contribution in [0, 0.1) is 0 Å². The van der Waals surface area contributed by atoms with Crippen LogP contribution in [-0.2, 0) is 32.7 Å². The van der Waals surface area contributed by atoms with Crippen molar-refractivity contribution in [3.63, 3.8) is 0 Å². The van der Waals surface area contributed by atoms with Gasteiger partial charge in [0.1, 0.15) is 6.61 Å². The summed E-state index contributed by atoms with van der Waals surface area (Å²) in [6.45, 7) is 3.49. The number of nitrogens with two attached hydrogens (primary N) is 1. The van der Waals surface area contributed by atoms with E-state index in [2.05, 4.69) is 160 Å². The van der Waals surface area contributed by atoms with Gasteiger partial charge in [0.05, 0.1) is 13.2 Å². The van der Waals surface area contributed by atoms with Gasteiger partial charge in [-0.2, -0.15) is 0 Å². The number of allylic oxidation sites excluding steroid dienone is 24. The number of phosphoric ester groups is 1. The molecule has 0 fully saturated rings. The Kier molecular flexibility index (Phi) is 61.7. The molecule has 0 aliphatic heterocycles. The van der Waals surface area contributed by atoms with Crippen LogP contribution in [0.4, 0.5) is 0 Å². The molecular formula is C71H118NO8P. The van der Waals surface area contributed by atoms with Crippen molar-refractivity contribution in [2.75, 3.05) is 26.4 Å². The van der Waals surface area contributed by atoms with Gasteiger partial charge in [-0.25, -0.2) is 4.57 Å². The number of esters is 2. The summed E-state index contributed by atoms with van der Waals surface area (Å²) in [4.78, 5) is 35.3. The van der Waals surface area contributed by atoms with Gasteiger partial charge in [-0.05, 0) is 116 Å². The molecule has 0 aromatic heterocycles. The van der Waals surface area contributed by atoms with Gasteiger partial charge in [-0.1, -0.05) is 275 Å². The van der Waals surface area contributed by atoms with Gasteiger partial charge in [-0.15, -0.1) is 0 Å². The Morgan fingerprint density at radius 2 is 0.642 bits per heavy atom. The largest absolute Gasteiger partial charge is 0.472 e. The highest BCUT2D eigenvalue weighted by Gasteiger charge is 2.26. The standard InChI is InChI=1S/C71H118NO8P/c1-3-5-7-9-11-13-15-17-19-21-23-25-27-28-29-30-31-32-33-34-35-36-37-38-39-40-42-44-46-48-50-52-54-56-58-60-62-64-71(74)80-69(68-79-81(75,76)78-66-65-72)67-77-70(73)63-61-59-57-55-53-51-49-47-45-43-41-26-24-22-20-18-16-14-12-10-8-6-4-2/h5-8,11-14,17-20,23-26,28-29,31-32,43,45,49,51,69H,3-4,9-10,15-16,21-22,27,30,33-42,44,46-48,50,52-68,72H2,1-2H3,(H,75,76)/b7-5-,8-6-,13-11-,14-12-,19-17-,20-18-,25-23-,26-24-,29-28-,32-31-,45-43-,51-49-. The molecule has 0 bridgehead atoms. The van der Waals surface area contributed by atoms with Crippen LogP contribution < -0.4 is 5.73 Å². The lowest BCUT2D eigenvalue weighted by Crippen LogP contribution is -2.29. The third-order valence-corrected chi connectivity index (χ3v) is 14.2. The zero-order chi connectivity index (χ0) is 58.7. The van der Waals surface area contributed by atoms with Crippen molar-refractivity contribution in [3.05, 3.63) is 146 Å². The number of carbonyl (C=O) groups is 2.